The van der Waals surface area contributed by atoms with Gasteiger partial charge in [0.1, 0.15) is 0 Å². The second kappa shape index (κ2) is 6.06. The molecule has 0 saturated heterocycles. The van der Waals surface area contributed by atoms with Gasteiger partial charge < -0.3 is 5.32 Å². The molecule has 1 unspecified atom stereocenters. The van der Waals surface area contributed by atoms with Gasteiger partial charge in [0.2, 0.25) is 0 Å². The molecule has 0 fully saturated rings. The Bertz CT molecular complexity index is 600. The van der Waals surface area contributed by atoms with Crippen LogP contribution in [0.2, 0.25) is 0 Å². The first-order chi connectivity index (χ1) is 9.55. The number of aromatic nitrogens is 1. The molecule has 0 aliphatic rings. The summed E-state index contributed by atoms with van der Waals surface area (Å²) in [6.07, 6.45) is 3.27. The molecule has 1 N–H and O–H groups in total. The first kappa shape index (κ1) is 14.5. The Morgan fingerprint density at radius 2 is 2.00 bits per heavy atom. The molecule has 104 valence electrons. The van der Waals surface area contributed by atoms with Gasteiger partial charge in [-0.15, -0.1) is 11.6 Å². The molecule has 0 saturated carbocycles. The Kier molecular flexibility index (Phi) is 4.40. The summed E-state index contributed by atoms with van der Waals surface area (Å²) in [6, 6.07) is 11.5. The first-order valence-corrected chi connectivity index (χ1v) is 6.94. The predicted molar refractivity (Wildman–Crippen MR) is 81.0 cm³/mol. The zero-order valence-corrected chi connectivity index (χ0v) is 12.3. The molecule has 1 aromatic carbocycles. The fourth-order valence-corrected chi connectivity index (χ4v) is 2.21. The molecule has 2 rings (SSSR count). The van der Waals surface area contributed by atoms with Crippen LogP contribution in [0.5, 0.6) is 0 Å². The molecule has 0 bridgehead atoms. The third-order valence-electron chi connectivity index (χ3n) is 3.20. The van der Waals surface area contributed by atoms with Gasteiger partial charge in [0.05, 0.1) is 11.1 Å². The normalized spacial score (nSPS) is 13.6. The Hall–Kier alpha value is -1.87. The average Bonchev–Trinajstić information content (AvgIpc) is 2.48. The van der Waals surface area contributed by atoms with Gasteiger partial charge in [-0.05, 0) is 31.0 Å². The van der Waals surface area contributed by atoms with Gasteiger partial charge in [-0.1, -0.05) is 30.3 Å². The van der Waals surface area contributed by atoms with Gasteiger partial charge in [-0.3, -0.25) is 9.78 Å². The second-order valence-corrected chi connectivity index (χ2v) is 5.30. The number of rotatable bonds is 4. The molecule has 1 aromatic heterocycles. The lowest BCUT2D eigenvalue weighted by molar-refractivity contribution is 0.0912. The van der Waals surface area contributed by atoms with Crippen molar-refractivity contribution in [1.29, 1.82) is 0 Å². The highest BCUT2D eigenvalue weighted by molar-refractivity contribution is 6.19. The summed E-state index contributed by atoms with van der Waals surface area (Å²) >= 11 is 6.08. The lowest BCUT2D eigenvalue weighted by Crippen LogP contribution is -2.45. The number of carbonyl (C=O) groups excluding carboxylic acids is 1. The molecule has 4 heteroatoms. The van der Waals surface area contributed by atoms with E-state index in [4.69, 9.17) is 11.6 Å². The van der Waals surface area contributed by atoms with E-state index in [1.165, 1.54) is 0 Å². The number of hydrogen-bond donors (Lipinski definition) is 1. The topological polar surface area (TPSA) is 42.0 Å². The van der Waals surface area contributed by atoms with Crippen molar-refractivity contribution in [2.45, 2.75) is 19.4 Å². The monoisotopic (exact) mass is 288 g/mol. The number of pyridine rings is 1. The van der Waals surface area contributed by atoms with Crippen molar-refractivity contribution in [2.75, 3.05) is 5.88 Å². The number of hydrogen-bond acceptors (Lipinski definition) is 2. The maximum Gasteiger partial charge on any atom is 0.253 e. The van der Waals surface area contributed by atoms with E-state index in [1.807, 2.05) is 50.2 Å². The van der Waals surface area contributed by atoms with Crippen molar-refractivity contribution in [3.8, 4) is 0 Å². The highest BCUT2D eigenvalue weighted by atomic mass is 35.5. The van der Waals surface area contributed by atoms with Gasteiger partial charge in [0.15, 0.2) is 0 Å². The average molecular weight is 289 g/mol. The van der Waals surface area contributed by atoms with Gasteiger partial charge in [0, 0.05) is 18.3 Å². The van der Waals surface area contributed by atoms with Crippen LogP contribution in [0.15, 0.2) is 48.8 Å². The van der Waals surface area contributed by atoms with Gasteiger partial charge in [-0.2, -0.15) is 0 Å². The quantitative estimate of drug-likeness (QED) is 0.877. The second-order valence-electron chi connectivity index (χ2n) is 5.04. The van der Waals surface area contributed by atoms with Crippen LogP contribution in [0.25, 0.3) is 0 Å². The minimum Gasteiger partial charge on any atom is -0.342 e. The summed E-state index contributed by atoms with van der Waals surface area (Å²) in [4.78, 5) is 16.4. The van der Waals surface area contributed by atoms with Crippen molar-refractivity contribution in [1.82, 2.24) is 10.3 Å². The van der Waals surface area contributed by atoms with Crippen LogP contribution in [0.1, 0.15) is 28.4 Å². The van der Waals surface area contributed by atoms with Gasteiger partial charge >= 0.3 is 0 Å². The van der Waals surface area contributed by atoms with E-state index in [2.05, 4.69) is 10.3 Å². The summed E-state index contributed by atoms with van der Waals surface area (Å²) < 4.78 is 0. The number of halogens is 1. The van der Waals surface area contributed by atoms with Crippen LogP contribution in [-0.4, -0.2) is 16.8 Å². The van der Waals surface area contributed by atoms with Crippen molar-refractivity contribution in [3.05, 3.63) is 65.5 Å². The Balaban J connectivity index is 2.24. The van der Waals surface area contributed by atoms with E-state index in [1.54, 1.807) is 12.4 Å². The highest BCUT2D eigenvalue weighted by Gasteiger charge is 2.28. The Labute approximate surface area is 124 Å². The number of amides is 1. The number of nitrogens with zero attached hydrogens (tertiary/aromatic N) is 1. The molecule has 0 radical (unpaired) electrons. The van der Waals surface area contributed by atoms with Crippen LogP contribution >= 0.6 is 11.6 Å². The smallest absolute Gasteiger partial charge is 0.253 e. The summed E-state index contributed by atoms with van der Waals surface area (Å²) in [5.41, 5.74) is 1.86. The standard InChI is InChI=1S/C16H17ClN2O/c1-12-8-13(10-18-9-12)15(20)19-16(2,11-17)14-6-4-3-5-7-14/h3-10H,11H2,1-2H3,(H,19,20). The van der Waals surface area contributed by atoms with E-state index < -0.39 is 5.54 Å². The molecular formula is C16H17ClN2O. The maximum atomic E-state index is 12.3. The molecule has 20 heavy (non-hydrogen) atoms. The first-order valence-electron chi connectivity index (χ1n) is 6.41. The Morgan fingerprint density at radius 1 is 1.30 bits per heavy atom. The molecule has 3 nitrogen and oxygen atoms in total. The summed E-state index contributed by atoms with van der Waals surface area (Å²) in [6.45, 7) is 3.82. The van der Waals surface area contributed by atoms with Gasteiger partial charge in [-0.25, -0.2) is 0 Å². The van der Waals surface area contributed by atoms with Crippen LogP contribution in [-0.2, 0) is 5.54 Å². The third kappa shape index (κ3) is 3.17. The van der Waals surface area contributed by atoms with Crippen LogP contribution in [0.4, 0.5) is 0 Å². The molecule has 1 atom stereocenters. The zero-order chi connectivity index (χ0) is 14.6. The maximum absolute atomic E-state index is 12.3. The summed E-state index contributed by atoms with van der Waals surface area (Å²) in [7, 11) is 0. The number of alkyl halides is 1. The van der Waals surface area contributed by atoms with E-state index in [0.717, 1.165) is 11.1 Å². The Morgan fingerprint density at radius 3 is 2.60 bits per heavy atom. The zero-order valence-electron chi connectivity index (χ0n) is 11.6. The highest BCUT2D eigenvalue weighted by Crippen LogP contribution is 2.22. The van der Waals surface area contributed by atoms with Crippen molar-refractivity contribution in [2.24, 2.45) is 0 Å². The largest absolute Gasteiger partial charge is 0.342 e. The third-order valence-corrected chi connectivity index (χ3v) is 3.74. The van der Waals surface area contributed by atoms with E-state index in [0.29, 0.717) is 11.4 Å². The SMILES string of the molecule is Cc1cncc(C(=O)NC(C)(CCl)c2ccccc2)c1. The molecule has 0 aliphatic heterocycles. The molecule has 1 heterocycles. The van der Waals surface area contributed by atoms with E-state index >= 15 is 0 Å². The fraction of sp³-hybridized carbons (Fsp3) is 0.250. The van der Waals surface area contributed by atoms with Crippen LogP contribution in [0.3, 0.4) is 0 Å². The molecule has 0 aliphatic carbocycles. The van der Waals surface area contributed by atoms with Crippen molar-refractivity contribution >= 4 is 17.5 Å². The van der Waals surface area contributed by atoms with E-state index in [-0.39, 0.29) is 5.91 Å². The summed E-state index contributed by atoms with van der Waals surface area (Å²) in [5, 5.41) is 2.99. The molecular weight excluding hydrogens is 272 g/mol. The molecule has 0 spiro atoms. The predicted octanol–water partition coefficient (Wildman–Crippen LogP) is 3.27. The minimum atomic E-state index is -0.607. The minimum absolute atomic E-state index is 0.173. The number of nitrogens with one attached hydrogen (secondary N) is 1. The van der Waals surface area contributed by atoms with Crippen molar-refractivity contribution in [3.63, 3.8) is 0 Å². The number of benzene rings is 1. The molecule has 1 amide bonds. The lowest BCUT2D eigenvalue weighted by atomic mass is 9.93. The molecule has 2 aromatic rings. The summed E-state index contributed by atoms with van der Waals surface area (Å²) in [5.74, 6) is 0.121. The van der Waals surface area contributed by atoms with E-state index in [9.17, 15) is 4.79 Å². The number of aryl methyl sites for hydroxylation is 1. The number of carbonyl (C=O) groups is 1. The van der Waals surface area contributed by atoms with Gasteiger partial charge in [0.25, 0.3) is 5.91 Å². The lowest BCUT2D eigenvalue weighted by Gasteiger charge is -2.29. The fourth-order valence-electron chi connectivity index (χ4n) is 1.99. The van der Waals surface area contributed by atoms with Crippen LogP contribution in [0, 0.1) is 6.92 Å². The van der Waals surface area contributed by atoms with Crippen LogP contribution < -0.4 is 5.32 Å². The van der Waals surface area contributed by atoms with Crippen molar-refractivity contribution < 1.29 is 4.79 Å².